The van der Waals surface area contributed by atoms with Gasteiger partial charge in [-0.05, 0) is 12.8 Å². The van der Waals surface area contributed by atoms with Crippen molar-refractivity contribution in [2.24, 2.45) is 5.73 Å². The first-order valence-electron chi connectivity index (χ1n) is 5.66. The minimum atomic E-state index is 0.204. The number of hydrogen-bond acceptors (Lipinski definition) is 6. The van der Waals surface area contributed by atoms with Crippen LogP contribution in [0.1, 0.15) is 19.8 Å². The zero-order valence-electron chi connectivity index (χ0n) is 10.6. The first-order valence-corrected chi connectivity index (χ1v) is 5.66. The zero-order valence-corrected chi connectivity index (χ0v) is 10.6. The number of nitrogens with one attached hydrogen (secondary N) is 1. The van der Waals surface area contributed by atoms with E-state index in [1.807, 2.05) is 0 Å². The van der Waals surface area contributed by atoms with E-state index in [1.165, 1.54) is 0 Å². The summed E-state index contributed by atoms with van der Waals surface area (Å²) in [5.74, 6) is 1.43. The average Bonchev–Trinajstić information content (AvgIpc) is 2.37. The summed E-state index contributed by atoms with van der Waals surface area (Å²) in [6.45, 7) is 2.79. The average molecular weight is 240 g/mol. The Kier molecular flexibility index (Phi) is 5.48. The molecule has 6 nitrogen and oxygen atoms in total. The van der Waals surface area contributed by atoms with Gasteiger partial charge in [0, 0.05) is 12.6 Å². The van der Waals surface area contributed by atoms with E-state index in [4.69, 9.17) is 15.2 Å². The van der Waals surface area contributed by atoms with Crippen molar-refractivity contribution >= 4 is 5.95 Å². The number of nitrogens with two attached hydrogens (primary N) is 1. The van der Waals surface area contributed by atoms with Crippen LogP contribution in [-0.4, -0.2) is 36.8 Å². The molecular weight excluding hydrogens is 220 g/mol. The van der Waals surface area contributed by atoms with Crippen LogP contribution >= 0.6 is 0 Å². The lowest BCUT2D eigenvalue weighted by Gasteiger charge is -2.10. The van der Waals surface area contributed by atoms with Gasteiger partial charge >= 0.3 is 0 Å². The third-order valence-electron chi connectivity index (χ3n) is 2.42. The third kappa shape index (κ3) is 4.44. The van der Waals surface area contributed by atoms with Crippen molar-refractivity contribution in [2.45, 2.75) is 25.8 Å². The smallest absolute Gasteiger partial charge is 0.229 e. The van der Waals surface area contributed by atoms with Gasteiger partial charge in [-0.15, -0.1) is 0 Å². The van der Waals surface area contributed by atoms with E-state index < -0.39 is 0 Å². The van der Waals surface area contributed by atoms with Gasteiger partial charge in [0.05, 0.1) is 20.3 Å². The fourth-order valence-corrected chi connectivity index (χ4v) is 1.27. The Balaban J connectivity index is 2.57. The Morgan fingerprint density at radius 3 is 2.35 bits per heavy atom. The molecule has 17 heavy (non-hydrogen) atoms. The molecule has 3 N–H and O–H groups in total. The molecule has 1 aromatic heterocycles. The number of anilines is 1. The molecule has 0 amide bonds. The van der Waals surface area contributed by atoms with Crippen molar-refractivity contribution in [1.82, 2.24) is 9.97 Å². The SMILES string of the molecule is CCC(N)CCNc1nc(OC)cc(OC)n1. The molecule has 0 fully saturated rings. The summed E-state index contributed by atoms with van der Waals surface area (Å²) in [6.07, 6.45) is 1.84. The number of ether oxygens (including phenoxy) is 2. The van der Waals surface area contributed by atoms with Crippen LogP contribution in [0.4, 0.5) is 5.95 Å². The minimum absolute atomic E-state index is 0.204. The minimum Gasteiger partial charge on any atom is -0.481 e. The molecule has 0 aliphatic carbocycles. The second kappa shape index (κ2) is 6.90. The van der Waals surface area contributed by atoms with Crippen LogP contribution in [0.3, 0.4) is 0 Å². The van der Waals surface area contributed by atoms with Crippen LogP contribution in [0, 0.1) is 0 Å². The van der Waals surface area contributed by atoms with E-state index in [2.05, 4.69) is 22.2 Å². The number of aromatic nitrogens is 2. The van der Waals surface area contributed by atoms with Gasteiger partial charge in [-0.1, -0.05) is 6.92 Å². The summed E-state index contributed by atoms with van der Waals surface area (Å²) >= 11 is 0. The fourth-order valence-electron chi connectivity index (χ4n) is 1.27. The molecule has 0 aliphatic heterocycles. The molecule has 1 aromatic rings. The molecule has 1 heterocycles. The summed E-state index contributed by atoms with van der Waals surface area (Å²) in [4.78, 5) is 8.31. The molecule has 0 spiro atoms. The van der Waals surface area contributed by atoms with Gasteiger partial charge in [0.25, 0.3) is 0 Å². The molecule has 1 atom stereocenters. The van der Waals surface area contributed by atoms with Crippen molar-refractivity contribution in [3.8, 4) is 11.8 Å². The van der Waals surface area contributed by atoms with Crippen molar-refractivity contribution in [3.63, 3.8) is 0 Å². The van der Waals surface area contributed by atoms with Gasteiger partial charge in [-0.3, -0.25) is 0 Å². The molecule has 0 aromatic carbocycles. The quantitative estimate of drug-likeness (QED) is 0.741. The van der Waals surface area contributed by atoms with E-state index in [0.29, 0.717) is 17.7 Å². The summed E-state index contributed by atoms with van der Waals surface area (Å²) in [7, 11) is 3.11. The molecule has 0 aliphatic rings. The Labute approximate surface area is 102 Å². The van der Waals surface area contributed by atoms with Crippen LogP contribution < -0.4 is 20.5 Å². The second-order valence-electron chi connectivity index (χ2n) is 3.66. The molecule has 0 radical (unpaired) electrons. The summed E-state index contributed by atoms with van der Waals surface area (Å²) in [6, 6.07) is 1.83. The molecule has 0 saturated carbocycles. The predicted molar refractivity (Wildman–Crippen MR) is 66.5 cm³/mol. The van der Waals surface area contributed by atoms with E-state index in [1.54, 1.807) is 20.3 Å². The molecule has 1 rings (SSSR count). The van der Waals surface area contributed by atoms with Gasteiger partial charge in [0.1, 0.15) is 0 Å². The van der Waals surface area contributed by atoms with Crippen molar-refractivity contribution < 1.29 is 9.47 Å². The predicted octanol–water partition coefficient (Wildman–Crippen LogP) is 1.03. The molecular formula is C11H20N4O2. The van der Waals surface area contributed by atoms with Gasteiger partial charge in [-0.2, -0.15) is 9.97 Å². The number of nitrogens with zero attached hydrogens (tertiary/aromatic N) is 2. The van der Waals surface area contributed by atoms with E-state index >= 15 is 0 Å². The molecule has 1 unspecified atom stereocenters. The maximum absolute atomic E-state index is 5.82. The van der Waals surface area contributed by atoms with Crippen molar-refractivity contribution in [3.05, 3.63) is 6.07 Å². The van der Waals surface area contributed by atoms with Gasteiger partial charge in [0.2, 0.25) is 17.7 Å². The highest BCUT2D eigenvalue weighted by atomic mass is 16.5. The maximum Gasteiger partial charge on any atom is 0.229 e. The van der Waals surface area contributed by atoms with E-state index in [0.717, 1.165) is 19.4 Å². The number of hydrogen-bond donors (Lipinski definition) is 2. The molecule has 0 saturated heterocycles. The second-order valence-corrected chi connectivity index (χ2v) is 3.66. The molecule has 96 valence electrons. The highest BCUT2D eigenvalue weighted by Gasteiger charge is 2.05. The monoisotopic (exact) mass is 240 g/mol. The van der Waals surface area contributed by atoms with Crippen LogP contribution in [0.5, 0.6) is 11.8 Å². The third-order valence-corrected chi connectivity index (χ3v) is 2.42. The highest BCUT2D eigenvalue weighted by molar-refractivity contribution is 5.33. The highest BCUT2D eigenvalue weighted by Crippen LogP contribution is 2.17. The standard InChI is InChI=1S/C11H20N4O2/c1-4-8(12)5-6-13-11-14-9(16-2)7-10(15-11)17-3/h7-8H,4-6,12H2,1-3H3,(H,13,14,15). The first-order chi connectivity index (χ1) is 8.19. The summed E-state index contributed by atoms with van der Waals surface area (Å²) in [5, 5.41) is 3.10. The van der Waals surface area contributed by atoms with Crippen LogP contribution in [-0.2, 0) is 0 Å². The Morgan fingerprint density at radius 2 is 1.88 bits per heavy atom. The first kappa shape index (κ1) is 13.5. The lowest BCUT2D eigenvalue weighted by Crippen LogP contribution is -2.22. The largest absolute Gasteiger partial charge is 0.481 e. The van der Waals surface area contributed by atoms with Gasteiger partial charge in [0.15, 0.2) is 0 Å². The Hall–Kier alpha value is -1.56. The normalized spacial score (nSPS) is 12.0. The topological polar surface area (TPSA) is 82.3 Å². The van der Waals surface area contributed by atoms with Crippen molar-refractivity contribution in [1.29, 1.82) is 0 Å². The van der Waals surface area contributed by atoms with E-state index in [9.17, 15) is 0 Å². The van der Waals surface area contributed by atoms with E-state index in [-0.39, 0.29) is 6.04 Å². The Morgan fingerprint density at radius 1 is 1.29 bits per heavy atom. The van der Waals surface area contributed by atoms with Gasteiger partial charge < -0.3 is 20.5 Å². The summed E-state index contributed by atoms with van der Waals surface area (Å²) in [5.41, 5.74) is 5.82. The molecule has 0 bridgehead atoms. The van der Waals surface area contributed by atoms with Crippen LogP contribution in [0.2, 0.25) is 0 Å². The molecule has 6 heteroatoms. The zero-order chi connectivity index (χ0) is 12.7. The fraction of sp³-hybridized carbons (Fsp3) is 0.636. The van der Waals surface area contributed by atoms with Crippen LogP contribution in [0.15, 0.2) is 6.07 Å². The summed E-state index contributed by atoms with van der Waals surface area (Å²) < 4.78 is 10.1. The van der Waals surface area contributed by atoms with Crippen LogP contribution in [0.25, 0.3) is 0 Å². The lowest BCUT2D eigenvalue weighted by molar-refractivity contribution is 0.372. The maximum atomic E-state index is 5.82. The van der Waals surface area contributed by atoms with Crippen molar-refractivity contribution in [2.75, 3.05) is 26.1 Å². The lowest BCUT2D eigenvalue weighted by atomic mass is 10.2. The number of methoxy groups -OCH3 is 2. The number of rotatable bonds is 7. The Bertz CT molecular complexity index is 324. The van der Waals surface area contributed by atoms with Gasteiger partial charge in [-0.25, -0.2) is 0 Å².